The van der Waals surface area contributed by atoms with Crippen molar-refractivity contribution < 1.29 is 30.5 Å². The van der Waals surface area contributed by atoms with Gasteiger partial charge in [-0.15, -0.1) is 5.11 Å². The van der Waals surface area contributed by atoms with Crippen LogP contribution in [-0.2, 0) is 33.3 Å². The molecular formula is C38H32N11O6S3+. The summed E-state index contributed by atoms with van der Waals surface area (Å²) < 4.78 is 75.6. The van der Waals surface area contributed by atoms with Gasteiger partial charge in [0.05, 0.1) is 4.70 Å². The Hall–Kier alpha value is -6.60. The van der Waals surface area contributed by atoms with Gasteiger partial charge < -0.3 is 15.0 Å². The number of fused-ring (bicyclic) bond motifs is 4. The van der Waals surface area contributed by atoms with Crippen LogP contribution >= 0.6 is 11.3 Å². The molecule has 0 spiro atoms. The molecule has 0 amide bonds. The molecule has 292 valence electrons. The first-order valence-electron chi connectivity index (χ1n) is 17.2. The molecule has 1 aliphatic rings. The molecule has 3 aromatic carbocycles. The number of nitriles is 1. The van der Waals surface area contributed by atoms with Crippen molar-refractivity contribution in [3.05, 3.63) is 104 Å². The van der Waals surface area contributed by atoms with Crippen molar-refractivity contribution >= 4 is 93.2 Å². The number of hydrogen-bond acceptors (Lipinski definition) is 12. The van der Waals surface area contributed by atoms with Gasteiger partial charge in [0.2, 0.25) is 5.82 Å². The molecule has 0 aliphatic carbocycles. The maximum Gasteiger partial charge on any atom is 0.417 e. The van der Waals surface area contributed by atoms with E-state index in [0.717, 1.165) is 20.3 Å². The Balaban J connectivity index is 1.53. The second kappa shape index (κ2) is 14.4. The first kappa shape index (κ1) is 39.6. The lowest BCUT2D eigenvalue weighted by Crippen LogP contribution is -2.42. The number of para-hydroxylation sites is 1. The van der Waals surface area contributed by atoms with E-state index < -0.39 is 20.2 Å². The van der Waals surface area contributed by atoms with E-state index in [-0.39, 0.29) is 68.1 Å². The lowest BCUT2D eigenvalue weighted by molar-refractivity contribution is -0.647. The number of rotatable bonds is 8. The second-order valence-electron chi connectivity index (χ2n) is 13.6. The number of imidazole rings is 1. The smallest absolute Gasteiger partial charge is 0.373 e. The topological polar surface area (TPSA) is 216 Å². The lowest BCUT2D eigenvalue weighted by Gasteiger charge is -2.27. The van der Waals surface area contributed by atoms with E-state index in [9.17, 15) is 31.2 Å². The van der Waals surface area contributed by atoms with E-state index in [4.69, 9.17) is 18.1 Å². The Morgan fingerprint density at radius 2 is 1.59 bits per heavy atom. The summed E-state index contributed by atoms with van der Waals surface area (Å²) in [6, 6.07) is 14.7. The Morgan fingerprint density at radius 1 is 0.914 bits per heavy atom. The summed E-state index contributed by atoms with van der Waals surface area (Å²) in [6.45, 7) is 24.9. The molecule has 0 unspecified atom stereocenters. The fraction of sp³-hybridized carbons (Fsp3) is 0.211. The van der Waals surface area contributed by atoms with E-state index in [1.807, 2.05) is 30.3 Å². The molecule has 0 fully saturated rings. The molecule has 0 saturated carbocycles. The number of pyridine rings is 1. The number of thiazole rings is 1. The maximum atomic E-state index is 12.8. The lowest BCUT2D eigenvalue weighted by atomic mass is 10.0. The van der Waals surface area contributed by atoms with Crippen LogP contribution in [0, 0.1) is 66.0 Å². The highest BCUT2D eigenvalue weighted by Crippen LogP contribution is 2.48. The number of benzene rings is 3. The summed E-state index contributed by atoms with van der Waals surface area (Å²) in [7, 11) is -9.34. The molecule has 7 rings (SSSR count). The highest BCUT2D eigenvalue weighted by Gasteiger charge is 2.41. The Bertz CT molecular complexity index is 3170. The van der Waals surface area contributed by atoms with Gasteiger partial charge in [-0.25, -0.2) is 9.13 Å². The van der Waals surface area contributed by atoms with Gasteiger partial charge in [-0.2, -0.15) is 32.0 Å². The number of aryl methyl sites for hydroxylation is 4. The van der Waals surface area contributed by atoms with E-state index in [1.54, 1.807) is 57.7 Å². The normalized spacial score (nSPS) is 12.6. The quantitative estimate of drug-likeness (QED) is 0.0569. The van der Waals surface area contributed by atoms with Gasteiger partial charge in [-0.1, -0.05) is 41.4 Å². The Morgan fingerprint density at radius 3 is 2.24 bits per heavy atom. The number of nitrogens with one attached hydrogen (secondary N) is 1. The predicted molar refractivity (Wildman–Crippen MR) is 216 cm³/mol. The third-order valence-corrected chi connectivity index (χ3v) is 13.2. The zero-order valence-corrected chi connectivity index (χ0v) is 34.1. The number of azo groups is 1. The van der Waals surface area contributed by atoms with Gasteiger partial charge in [0.1, 0.15) is 39.3 Å². The first-order chi connectivity index (χ1) is 27.4. The van der Waals surface area contributed by atoms with Crippen LogP contribution in [0.25, 0.3) is 19.9 Å². The van der Waals surface area contributed by atoms with Crippen LogP contribution in [0.2, 0.25) is 0 Å². The number of hydrogen-bond donors (Lipinski definition) is 3. The van der Waals surface area contributed by atoms with Gasteiger partial charge in [0.15, 0.2) is 12.4 Å². The van der Waals surface area contributed by atoms with E-state index >= 15 is 0 Å². The van der Waals surface area contributed by atoms with Crippen molar-refractivity contribution in [2.75, 3.05) is 10.2 Å². The van der Waals surface area contributed by atoms with Gasteiger partial charge in [0.25, 0.3) is 31.9 Å². The minimum absolute atomic E-state index is 0.0452. The van der Waals surface area contributed by atoms with Crippen molar-refractivity contribution in [1.29, 1.82) is 5.26 Å². The fourth-order valence-electron chi connectivity index (χ4n) is 7.53. The molecule has 58 heavy (non-hydrogen) atoms. The summed E-state index contributed by atoms with van der Waals surface area (Å²) in [5, 5.41) is 22.1. The van der Waals surface area contributed by atoms with Crippen LogP contribution in [0.5, 0.6) is 0 Å². The average Bonchev–Trinajstić information content (AvgIpc) is 3.67. The highest BCUT2D eigenvalue weighted by molar-refractivity contribution is 7.86. The Kier molecular flexibility index (Phi) is 9.84. The van der Waals surface area contributed by atoms with Gasteiger partial charge >= 0.3 is 11.1 Å². The molecule has 1 aliphatic heterocycles. The summed E-state index contributed by atoms with van der Waals surface area (Å²) in [5.74, 6) is -0.315. The number of nitrogens with zero attached hydrogens (tertiary/aromatic N) is 10. The SMILES string of the molecule is [C-]#[N+]c1nc(N=Nc2c(C)cc(N3c4c(cc(C)c(S(=O)(=O)O)c4C)C[n+]4c3sc3ccccc34)nc2Nc2c(C)cc(C)c(S(=O)(=O)O)c2C)n(CC#N)c1[N+]#[C-]. The van der Waals surface area contributed by atoms with Crippen molar-refractivity contribution in [1.82, 2.24) is 14.5 Å². The summed E-state index contributed by atoms with van der Waals surface area (Å²) in [6.07, 6.45) is 0. The van der Waals surface area contributed by atoms with Crippen LogP contribution in [-0.4, -0.2) is 40.5 Å². The molecule has 3 aromatic heterocycles. The van der Waals surface area contributed by atoms with Crippen molar-refractivity contribution in [2.24, 2.45) is 10.2 Å². The van der Waals surface area contributed by atoms with Crippen LogP contribution < -0.4 is 14.8 Å². The third-order valence-electron chi connectivity index (χ3n) is 9.72. The van der Waals surface area contributed by atoms with E-state index in [2.05, 4.69) is 34.8 Å². The molecular weight excluding hydrogens is 803 g/mol. The van der Waals surface area contributed by atoms with Crippen LogP contribution in [0.1, 0.15) is 38.9 Å². The maximum absolute atomic E-state index is 12.8. The molecule has 0 atom stereocenters. The summed E-state index contributed by atoms with van der Waals surface area (Å²) in [4.78, 5) is 17.1. The molecule has 6 aromatic rings. The largest absolute Gasteiger partial charge is 0.417 e. The molecule has 3 N–H and O–H groups in total. The highest BCUT2D eigenvalue weighted by atomic mass is 32.2. The predicted octanol–water partition coefficient (Wildman–Crippen LogP) is 8.74. The van der Waals surface area contributed by atoms with Crippen molar-refractivity contribution in [3.63, 3.8) is 0 Å². The zero-order chi connectivity index (χ0) is 42.0. The summed E-state index contributed by atoms with van der Waals surface area (Å²) >= 11 is 1.44. The average molecular weight is 835 g/mol. The molecule has 4 heterocycles. The minimum atomic E-state index is -4.67. The Labute approximate surface area is 337 Å². The molecule has 17 nitrogen and oxygen atoms in total. The molecule has 20 heteroatoms. The fourth-order valence-corrected chi connectivity index (χ4v) is 10.6. The molecule has 0 radical (unpaired) electrons. The number of anilines is 5. The second-order valence-corrected chi connectivity index (χ2v) is 17.3. The van der Waals surface area contributed by atoms with Crippen LogP contribution in [0.15, 0.2) is 62.5 Å². The van der Waals surface area contributed by atoms with Gasteiger partial charge in [-0.3, -0.25) is 9.11 Å². The molecule has 0 saturated heterocycles. The van der Waals surface area contributed by atoms with Gasteiger partial charge in [-0.05, 0) is 98.9 Å². The van der Waals surface area contributed by atoms with E-state index in [1.165, 1.54) is 18.3 Å². The third kappa shape index (κ3) is 6.60. The minimum Gasteiger partial charge on any atom is -0.373 e. The van der Waals surface area contributed by atoms with Crippen LogP contribution in [0.4, 0.5) is 51.4 Å². The van der Waals surface area contributed by atoms with E-state index in [0.29, 0.717) is 39.6 Å². The molecule has 0 bridgehead atoms. The summed E-state index contributed by atoms with van der Waals surface area (Å²) in [5.41, 5.74) is 4.77. The zero-order valence-electron chi connectivity index (χ0n) is 31.7. The van der Waals surface area contributed by atoms with Gasteiger partial charge in [0, 0.05) is 22.9 Å². The monoisotopic (exact) mass is 834 g/mol. The van der Waals surface area contributed by atoms with Crippen molar-refractivity contribution in [2.45, 2.75) is 64.4 Å². The van der Waals surface area contributed by atoms with Crippen LogP contribution in [0.3, 0.4) is 0 Å². The number of aromatic nitrogens is 4. The first-order valence-corrected chi connectivity index (χ1v) is 20.9. The van der Waals surface area contributed by atoms with Crippen molar-refractivity contribution in [3.8, 4) is 6.07 Å². The standard InChI is InChI=1S/C38H31N11O6S3/c1-19-15-21(3)32(57(50,51)52)23(5)29(19)43-34-30(45-46-37-44-35(40-7)36(41-8)47(37)14-13-39)20(2)17-28(42-34)49-31-24(6)33(58(53,54)55)22(4)16-25(31)18-48-26-11-9-10-12-27(26)56-38(48)49/h9-12,15-17H,14,18H2,1-6H3,(H2-,42,43,50,51,52,53,54,55)/p+1.